The SMILES string of the molecule is CNC(Cc1cc(C)cc(C)c1)Cc1cc(F)ccc1Br. The van der Waals surface area contributed by atoms with Gasteiger partial charge in [0.05, 0.1) is 0 Å². The minimum Gasteiger partial charge on any atom is -0.316 e. The normalized spacial score (nSPS) is 12.4. The van der Waals surface area contributed by atoms with Crippen molar-refractivity contribution >= 4 is 15.9 Å². The first-order chi connectivity index (χ1) is 9.97. The maximum atomic E-state index is 13.4. The van der Waals surface area contributed by atoms with Crippen molar-refractivity contribution in [2.24, 2.45) is 0 Å². The van der Waals surface area contributed by atoms with Gasteiger partial charge in [0.2, 0.25) is 0 Å². The third kappa shape index (κ3) is 4.65. The highest BCUT2D eigenvalue weighted by Crippen LogP contribution is 2.21. The molecular weight excluding hydrogens is 329 g/mol. The quantitative estimate of drug-likeness (QED) is 0.832. The number of aryl methyl sites for hydroxylation is 2. The van der Waals surface area contributed by atoms with E-state index in [4.69, 9.17) is 0 Å². The first kappa shape index (κ1) is 16.2. The summed E-state index contributed by atoms with van der Waals surface area (Å²) < 4.78 is 14.4. The summed E-state index contributed by atoms with van der Waals surface area (Å²) in [6.07, 6.45) is 1.73. The van der Waals surface area contributed by atoms with E-state index in [0.29, 0.717) is 0 Å². The summed E-state index contributed by atoms with van der Waals surface area (Å²) in [4.78, 5) is 0. The lowest BCUT2D eigenvalue weighted by molar-refractivity contribution is 0.551. The maximum Gasteiger partial charge on any atom is 0.123 e. The zero-order chi connectivity index (χ0) is 15.4. The molecular formula is C18H21BrFN. The van der Waals surface area contributed by atoms with Crippen LogP contribution in [0.5, 0.6) is 0 Å². The van der Waals surface area contributed by atoms with Crippen LogP contribution in [-0.4, -0.2) is 13.1 Å². The van der Waals surface area contributed by atoms with E-state index in [1.54, 1.807) is 12.1 Å². The number of nitrogens with one attached hydrogen (secondary N) is 1. The molecule has 1 atom stereocenters. The largest absolute Gasteiger partial charge is 0.316 e. The van der Waals surface area contributed by atoms with Gasteiger partial charge in [0.1, 0.15) is 5.82 Å². The minimum atomic E-state index is -0.186. The van der Waals surface area contributed by atoms with Gasteiger partial charge in [-0.25, -0.2) is 4.39 Å². The molecule has 0 aromatic heterocycles. The number of likely N-dealkylation sites (N-methyl/N-ethyl adjacent to an activating group) is 1. The lowest BCUT2D eigenvalue weighted by Crippen LogP contribution is -2.30. The maximum absolute atomic E-state index is 13.4. The molecule has 0 saturated heterocycles. The first-order valence-electron chi connectivity index (χ1n) is 7.16. The molecule has 3 heteroatoms. The zero-order valence-electron chi connectivity index (χ0n) is 12.7. The highest BCUT2D eigenvalue weighted by Gasteiger charge is 2.12. The van der Waals surface area contributed by atoms with Gasteiger partial charge in [-0.05, 0) is 63.1 Å². The van der Waals surface area contributed by atoms with Crippen molar-refractivity contribution in [1.82, 2.24) is 5.32 Å². The summed E-state index contributed by atoms with van der Waals surface area (Å²) in [5.41, 5.74) is 4.89. The van der Waals surface area contributed by atoms with Crippen molar-refractivity contribution in [3.63, 3.8) is 0 Å². The summed E-state index contributed by atoms with van der Waals surface area (Å²) >= 11 is 3.50. The molecule has 2 aromatic carbocycles. The number of benzene rings is 2. The molecule has 0 bridgehead atoms. The van der Waals surface area contributed by atoms with Crippen molar-refractivity contribution < 1.29 is 4.39 Å². The highest BCUT2D eigenvalue weighted by atomic mass is 79.9. The Hall–Kier alpha value is -1.19. The van der Waals surface area contributed by atoms with Gasteiger partial charge in [-0.2, -0.15) is 0 Å². The van der Waals surface area contributed by atoms with Gasteiger partial charge in [-0.1, -0.05) is 45.3 Å². The predicted octanol–water partition coefficient (Wildman–Crippen LogP) is 4.58. The standard InChI is InChI=1S/C18H21BrFN/c1-12-6-13(2)8-14(7-12)9-17(21-3)11-15-10-16(20)4-5-18(15)19/h4-8,10,17,21H,9,11H2,1-3H3. The van der Waals surface area contributed by atoms with Crippen molar-refractivity contribution in [3.05, 3.63) is 68.9 Å². The van der Waals surface area contributed by atoms with E-state index in [9.17, 15) is 4.39 Å². The lowest BCUT2D eigenvalue weighted by atomic mass is 9.97. The molecule has 0 aliphatic carbocycles. The van der Waals surface area contributed by atoms with E-state index in [0.717, 1.165) is 22.9 Å². The van der Waals surface area contributed by atoms with Crippen LogP contribution in [0.3, 0.4) is 0 Å². The van der Waals surface area contributed by atoms with Gasteiger partial charge in [-0.3, -0.25) is 0 Å². The fourth-order valence-electron chi connectivity index (χ4n) is 2.71. The molecule has 0 aliphatic rings. The third-order valence-electron chi connectivity index (χ3n) is 3.65. The summed E-state index contributed by atoms with van der Waals surface area (Å²) in [5, 5.41) is 3.34. The zero-order valence-corrected chi connectivity index (χ0v) is 14.3. The first-order valence-corrected chi connectivity index (χ1v) is 7.95. The summed E-state index contributed by atoms with van der Waals surface area (Å²) in [5.74, 6) is -0.186. The summed E-state index contributed by atoms with van der Waals surface area (Å²) in [6.45, 7) is 4.24. The van der Waals surface area contributed by atoms with E-state index in [-0.39, 0.29) is 11.9 Å². The molecule has 1 N–H and O–H groups in total. The van der Waals surface area contributed by atoms with Gasteiger partial charge in [0.15, 0.2) is 0 Å². The van der Waals surface area contributed by atoms with Crippen LogP contribution < -0.4 is 5.32 Å². The van der Waals surface area contributed by atoms with Gasteiger partial charge in [0.25, 0.3) is 0 Å². The van der Waals surface area contributed by atoms with Crippen LogP contribution in [0.4, 0.5) is 4.39 Å². The van der Waals surface area contributed by atoms with Crippen molar-refractivity contribution in [3.8, 4) is 0 Å². The van der Waals surface area contributed by atoms with Crippen LogP contribution in [0.15, 0.2) is 40.9 Å². The Balaban J connectivity index is 2.14. The van der Waals surface area contributed by atoms with E-state index in [1.807, 2.05) is 7.05 Å². The van der Waals surface area contributed by atoms with E-state index < -0.39 is 0 Å². The second-order valence-corrected chi connectivity index (χ2v) is 6.48. The third-order valence-corrected chi connectivity index (χ3v) is 4.42. The Morgan fingerprint density at radius 1 is 1.05 bits per heavy atom. The molecule has 112 valence electrons. The molecule has 0 heterocycles. The van der Waals surface area contributed by atoms with Crippen molar-refractivity contribution in [1.29, 1.82) is 0 Å². The summed E-state index contributed by atoms with van der Waals surface area (Å²) in [7, 11) is 1.96. The van der Waals surface area contributed by atoms with E-state index in [1.165, 1.54) is 22.8 Å². The fourth-order valence-corrected chi connectivity index (χ4v) is 3.12. The Morgan fingerprint density at radius 2 is 1.71 bits per heavy atom. The molecule has 0 amide bonds. The molecule has 21 heavy (non-hydrogen) atoms. The molecule has 0 aliphatic heterocycles. The van der Waals surface area contributed by atoms with Crippen LogP contribution in [0, 0.1) is 19.7 Å². The topological polar surface area (TPSA) is 12.0 Å². The Labute approximate surface area is 134 Å². The highest BCUT2D eigenvalue weighted by molar-refractivity contribution is 9.10. The van der Waals surface area contributed by atoms with Gasteiger partial charge in [-0.15, -0.1) is 0 Å². The number of hydrogen-bond donors (Lipinski definition) is 1. The predicted molar refractivity (Wildman–Crippen MR) is 90.3 cm³/mol. The molecule has 2 aromatic rings. The van der Waals surface area contributed by atoms with Gasteiger partial charge < -0.3 is 5.32 Å². The number of hydrogen-bond acceptors (Lipinski definition) is 1. The minimum absolute atomic E-state index is 0.186. The van der Waals surface area contributed by atoms with Crippen LogP contribution in [0.1, 0.15) is 22.3 Å². The molecule has 0 fully saturated rings. The van der Waals surface area contributed by atoms with Crippen molar-refractivity contribution in [2.75, 3.05) is 7.05 Å². The number of halogens is 2. The van der Waals surface area contributed by atoms with E-state index in [2.05, 4.69) is 53.3 Å². The average molecular weight is 350 g/mol. The Bertz CT molecular complexity index is 604. The molecule has 0 spiro atoms. The molecule has 1 unspecified atom stereocenters. The molecule has 2 rings (SSSR count). The second-order valence-electron chi connectivity index (χ2n) is 5.63. The van der Waals surface area contributed by atoms with Crippen LogP contribution in [0.2, 0.25) is 0 Å². The van der Waals surface area contributed by atoms with E-state index >= 15 is 0 Å². The fraction of sp³-hybridized carbons (Fsp3) is 0.333. The van der Waals surface area contributed by atoms with Crippen molar-refractivity contribution in [2.45, 2.75) is 32.7 Å². The van der Waals surface area contributed by atoms with Crippen LogP contribution >= 0.6 is 15.9 Å². The lowest BCUT2D eigenvalue weighted by Gasteiger charge is -2.18. The molecule has 1 nitrogen and oxygen atoms in total. The monoisotopic (exact) mass is 349 g/mol. The second kappa shape index (κ2) is 7.19. The Morgan fingerprint density at radius 3 is 2.33 bits per heavy atom. The van der Waals surface area contributed by atoms with Crippen LogP contribution in [-0.2, 0) is 12.8 Å². The smallest absolute Gasteiger partial charge is 0.123 e. The number of rotatable bonds is 5. The van der Waals surface area contributed by atoms with Crippen LogP contribution in [0.25, 0.3) is 0 Å². The average Bonchev–Trinajstić information content (AvgIpc) is 2.41. The van der Waals surface area contributed by atoms with Gasteiger partial charge >= 0.3 is 0 Å². The molecule has 0 saturated carbocycles. The van der Waals surface area contributed by atoms with Gasteiger partial charge in [0, 0.05) is 10.5 Å². The Kier molecular flexibility index (Phi) is 5.54. The summed E-state index contributed by atoms with van der Waals surface area (Å²) in [6, 6.07) is 11.8. The molecule has 0 radical (unpaired) electrons.